The van der Waals surface area contributed by atoms with E-state index in [1.54, 1.807) is 0 Å². The Morgan fingerprint density at radius 3 is 1.56 bits per heavy atom. The lowest BCUT2D eigenvalue weighted by molar-refractivity contribution is 0.418. The summed E-state index contributed by atoms with van der Waals surface area (Å²) in [4.78, 5) is 2.36. The molecule has 1 fully saturated rings. The second-order valence-electron chi connectivity index (χ2n) is 2.72. The monoisotopic (exact) mass is 143 g/mol. The van der Waals surface area contributed by atoms with E-state index in [-0.39, 0.29) is 0 Å². The molecule has 0 aromatic heterocycles. The molecular weight excluding hydrogens is 125 g/mol. The van der Waals surface area contributed by atoms with Gasteiger partial charge in [-0.15, -0.1) is 11.6 Å². The molecule has 0 spiro atoms. The molecule has 2 heteroatoms. The van der Waals surface area contributed by atoms with Gasteiger partial charge in [0.1, 0.15) is 0 Å². The summed E-state index contributed by atoms with van der Waals surface area (Å²) in [6.45, 7) is 2.64. The van der Waals surface area contributed by atoms with E-state index in [0.717, 1.165) is 0 Å². The normalized spacial score (nSPS) is 18.6. The molecule has 1 rings (SSSR count). The Balaban J connectivity index is 0.000000187. The fraction of sp³-hybridized carbons (Fsp3) is 1.00. The summed E-state index contributed by atoms with van der Waals surface area (Å²) >= 11 is 0.417. The van der Waals surface area contributed by atoms with Crippen LogP contribution in [-0.4, -0.2) is 40.3 Å². The molecule has 0 unspecified atom stereocenters. The summed E-state index contributed by atoms with van der Waals surface area (Å²) in [6.07, 6.45) is 2.83. The van der Waals surface area contributed by atoms with Crippen molar-refractivity contribution in [3.8, 4) is 0 Å². The Morgan fingerprint density at radius 2 is 1.44 bits per heavy atom. The Bertz CT molecular complexity index is 50.9. The topological polar surface area (TPSA) is 3.24 Å². The van der Waals surface area contributed by atoms with Gasteiger partial charge in [-0.1, -0.05) is 0 Å². The quantitative estimate of drug-likeness (QED) is 0.461. The van der Waals surface area contributed by atoms with Crippen LogP contribution in [0.1, 0.15) is 12.8 Å². The van der Waals surface area contributed by atoms with Gasteiger partial charge in [0.2, 0.25) is 15.2 Å². The van der Waals surface area contributed by atoms with E-state index in [9.17, 15) is 0 Å². The van der Waals surface area contributed by atoms with Gasteiger partial charge in [-0.3, -0.25) is 0 Å². The summed E-state index contributed by atoms with van der Waals surface area (Å²) in [5.74, 6) is 4.53. The first-order chi connectivity index (χ1) is 4.31. The molecule has 0 aromatic carbocycles. The highest BCUT2D eigenvalue weighted by Gasteiger charge is 2.03. The third kappa shape index (κ3) is 6.38. The third-order valence-electron chi connectivity index (χ3n) is 1.33. The van der Waals surface area contributed by atoms with Gasteiger partial charge in [0, 0.05) is 0 Å². The van der Waals surface area contributed by atoms with Crippen LogP contribution in [0.4, 0.5) is 0 Å². The zero-order chi connectivity index (χ0) is 7.11. The van der Waals surface area contributed by atoms with E-state index in [1.807, 2.05) is 0 Å². The van der Waals surface area contributed by atoms with Crippen LogP contribution in [0.25, 0.3) is 0 Å². The van der Waals surface area contributed by atoms with Crippen LogP contribution in [0.2, 0.25) is 11.6 Å². The van der Waals surface area contributed by atoms with Gasteiger partial charge in [-0.2, -0.15) is 0 Å². The molecule has 0 aromatic rings. The largest absolute Gasteiger partial charge is 0.306 e. The maximum atomic E-state index is 2.36. The minimum Gasteiger partial charge on any atom is -0.306 e. The molecule has 1 aliphatic heterocycles. The van der Waals surface area contributed by atoms with Crippen molar-refractivity contribution in [2.45, 2.75) is 24.4 Å². The fourth-order valence-electron chi connectivity index (χ4n) is 0.875. The van der Waals surface area contributed by atoms with E-state index < -0.39 is 0 Å². The highest BCUT2D eigenvalue weighted by molar-refractivity contribution is 6.31. The number of likely N-dealkylation sites (tertiary alicyclic amines) is 1. The van der Waals surface area contributed by atoms with E-state index in [1.165, 1.54) is 25.9 Å². The predicted octanol–water partition coefficient (Wildman–Crippen LogP) is 1.23. The average molecular weight is 143 g/mol. The van der Waals surface area contributed by atoms with Crippen LogP contribution < -0.4 is 0 Å². The molecule has 0 aliphatic carbocycles. The molecule has 1 aliphatic rings. The molecular formula is C7H18AlN. The zero-order valence-corrected chi connectivity index (χ0v) is 8.40. The summed E-state index contributed by atoms with van der Waals surface area (Å²) in [7, 11) is 2.17. The van der Waals surface area contributed by atoms with Gasteiger partial charge in [0.15, 0.2) is 0 Å². The first-order valence-corrected chi connectivity index (χ1v) is 6.82. The van der Waals surface area contributed by atoms with Crippen LogP contribution in [0.15, 0.2) is 0 Å². The molecule has 54 valence electrons. The first-order valence-electron chi connectivity index (χ1n) is 3.99. The fourth-order valence-corrected chi connectivity index (χ4v) is 0.875. The molecule has 9 heavy (non-hydrogen) atoms. The number of rotatable bonds is 0. The first kappa shape index (κ1) is 9.49. The smallest absolute Gasteiger partial charge is 0.229 e. The maximum Gasteiger partial charge on any atom is 0.229 e. The summed E-state index contributed by atoms with van der Waals surface area (Å²) in [5, 5.41) is 0. The van der Waals surface area contributed by atoms with Gasteiger partial charge >= 0.3 is 0 Å². The van der Waals surface area contributed by atoms with E-state index in [4.69, 9.17) is 0 Å². The van der Waals surface area contributed by atoms with Crippen LogP contribution in [-0.2, 0) is 0 Å². The van der Waals surface area contributed by atoms with Gasteiger partial charge in [-0.05, 0) is 33.0 Å². The van der Waals surface area contributed by atoms with Gasteiger partial charge in [-0.25, -0.2) is 0 Å². The SMILES string of the molecule is CN1CCCC1.[CH3][AlH][CH3]. The Morgan fingerprint density at radius 1 is 1.11 bits per heavy atom. The zero-order valence-electron chi connectivity index (χ0n) is 6.98. The molecule has 0 atom stereocenters. The third-order valence-corrected chi connectivity index (χ3v) is 1.33. The number of hydrogen-bond acceptors (Lipinski definition) is 1. The van der Waals surface area contributed by atoms with E-state index in [0.29, 0.717) is 15.2 Å². The highest BCUT2D eigenvalue weighted by Crippen LogP contribution is 2.01. The lowest BCUT2D eigenvalue weighted by Gasteiger charge is -2.01. The van der Waals surface area contributed by atoms with Crippen molar-refractivity contribution in [3.63, 3.8) is 0 Å². The summed E-state index contributed by atoms with van der Waals surface area (Å²) in [6, 6.07) is 0. The van der Waals surface area contributed by atoms with E-state index >= 15 is 0 Å². The maximum absolute atomic E-state index is 2.36. The molecule has 1 saturated heterocycles. The second kappa shape index (κ2) is 6.61. The van der Waals surface area contributed by atoms with Crippen molar-refractivity contribution in [2.24, 2.45) is 0 Å². The van der Waals surface area contributed by atoms with Gasteiger partial charge in [0.05, 0.1) is 0 Å². The molecule has 0 bridgehead atoms. The van der Waals surface area contributed by atoms with Crippen LogP contribution in [0.5, 0.6) is 0 Å². The molecule has 0 N–H and O–H groups in total. The summed E-state index contributed by atoms with van der Waals surface area (Å²) < 4.78 is 0. The van der Waals surface area contributed by atoms with Crippen LogP contribution in [0, 0.1) is 0 Å². The Labute approximate surface area is 65.1 Å². The minimum atomic E-state index is 0.417. The van der Waals surface area contributed by atoms with Crippen molar-refractivity contribution in [2.75, 3.05) is 20.1 Å². The van der Waals surface area contributed by atoms with E-state index in [2.05, 4.69) is 23.5 Å². The van der Waals surface area contributed by atoms with Crippen LogP contribution in [0.3, 0.4) is 0 Å². The molecule has 1 nitrogen and oxygen atoms in total. The second-order valence-corrected chi connectivity index (χ2v) is 4.13. The lowest BCUT2D eigenvalue weighted by atomic mass is 10.4. The lowest BCUT2D eigenvalue weighted by Crippen LogP contribution is -2.10. The van der Waals surface area contributed by atoms with Crippen molar-refractivity contribution >= 4 is 15.2 Å². The number of hydrogen-bond donors (Lipinski definition) is 0. The van der Waals surface area contributed by atoms with Crippen molar-refractivity contribution < 1.29 is 0 Å². The molecule has 0 radical (unpaired) electrons. The molecule has 0 saturated carbocycles. The van der Waals surface area contributed by atoms with Crippen molar-refractivity contribution in [1.82, 2.24) is 4.90 Å². The standard InChI is InChI=1S/C5H11N.2CH3.Al.H/c1-6-4-2-3-5-6;;;;/h2-5H2,1H3;2*1H3;;. The number of nitrogens with zero attached hydrogens (tertiary/aromatic N) is 1. The molecule has 1 heterocycles. The van der Waals surface area contributed by atoms with Crippen molar-refractivity contribution in [3.05, 3.63) is 0 Å². The van der Waals surface area contributed by atoms with Gasteiger partial charge < -0.3 is 4.90 Å². The molecule has 0 amide bonds. The van der Waals surface area contributed by atoms with Crippen LogP contribution >= 0.6 is 0 Å². The average Bonchev–Trinajstić information content (AvgIpc) is 2.20. The minimum absolute atomic E-state index is 0.417. The predicted molar refractivity (Wildman–Crippen MR) is 45.6 cm³/mol. The highest BCUT2D eigenvalue weighted by atomic mass is 27.1. The van der Waals surface area contributed by atoms with Crippen molar-refractivity contribution in [1.29, 1.82) is 0 Å². The Hall–Kier alpha value is 0.492. The summed E-state index contributed by atoms with van der Waals surface area (Å²) in [5.41, 5.74) is 0. The Kier molecular flexibility index (Phi) is 6.97. The van der Waals surface area contributed by atoms with Gasteiger partial charge in [0.25, 0.3) is 0 Å².